The fourth-order valence-corrected chi connectivity index (χ4v) is 1.35. The van der Waals surface area contributed by atoms with Gasteiger partial charge in [0.2, 0.25) is 0 Å². The number of ether oxygens (including phenoxy) is 2. The smallest absolute Gasteiger partial charge is 0.188 e. The number of rotatable bonds is 6. The molecule has 1 atom stereocenters. The Kier molecular flexibility index (Phi) is 5.46. The first-order valence-electron chi connectivity index (χ1n) is 5.02. The van der Waals surface area contributed by atoms with Crippen LogP contribution in [-0.2, 0) is 9.47 Å². The largest absolute Gasteiger partial charge is 0.382 e. The Hall–Kier alpha value is -0.900. The molecule has 1 aromatic carbocycles. The van der Waals surface area contributed by atoms with Crippen molar-refractivity contribution in [3.05, 3.63) is 34.9 Å². The monoisotopic (exact) mass is 242 g/mol. The van der Waals surface area contributed by atoms with Gasteiger partial charge in [-0.15, -0.1) is 0 Å². The molecule has 0 bridgehead atoms. The van der Waals surface area contributed by atoms with E-state index < -0.39 is 0 Å². The van der Waals surface area contributed by atoms with E-state index in [0.717, 1.165) is 0 Å². The number of carbonyl (C=O) groups is 1. The molecule has 4 heteroatoms. The quantitative estimate of drug-likeness (QED) is 0.720. The minimum Gasteiger partial charge on any atom is -0.382 e. The second kappa shape index (κ2) is 6.63. The normalized spacial score (nSPS) is 12.4. The first-order chi connectivity index (χ1) is 7.63. The summed E-state index contributed by atoms with van der Waals surface area (Å²) in [5.74, 6) is -0.0559. The lowest BCUT2D eigenvalue weighted by molar-refractivity contribution is 0.0125. The van der Waals surface area contributed by atoms with Gasteiger partial charge in [-0.05, 0) is 31.2 Å². The number of Topliss-reactive ketones (excluding diaryl/α,β-unsaturated/α-hetero) is 1. The van der Waals surface area contributed by atoms with Crippen LogP contribution in [0, 0.1) is 0 Å². The Bertz CT molecular complexity index is 335. The van der Waals surface area contributed by atoms with Gasteiger partial charge in [0.15, 0.2) is 5.78 Å². The molecule has 0 spiro atoms. The number of methoxy groups -OCH3 is 1. The molecule has 1 unspecified atom stereocenters. The zero-order valence-corrected chi connectivity index (χ0v) is 10.2. The van der Waals surface area contributed by atoms with Crippen molar-refractivity contribution in [2.45, 2.75) is 13.0 Å². The van der Waals surface area contributed by atoms with Crippen LogP contribution in [0.25, 0.3) is 0 Å². The third-order valence-corrected chi connectivity index (χ3v) is 2.32. The average Bonchev–Trinajstić information content (AvgIpc) is 2.27. The van der Waals surface area contributed by atoms with E-state index in [-0.39, 0.29) is 18.5 Å². The zero-order valence-electron chi connectivity index (χ0n) is 9.40. The molecule has 88 valence electrons. The van der Waals surface area contributed by atoms with Gasteiger partial charge in [-0.2, -0.15) is 0 Å². The Labute approximate surface area is 100 Å². The van der Waals surface area contributed by atoms with Gasteiger partial charge in [0.05, 0.1) is 12.7 Å². The summed E-state index contributed by atoms with van der Waals surface area (Å²) in [4.78, 5) is 11.7. The van der Waals surface area contributed by atoms with Gasteiger partial charge in [0, 0.05) is 17.7 Å². The van der Waals surface area contributed by atoms with Gasteiger partial charge < -0.3 is 9.47 Å². The molecule has 0 radical (unpaired) electrons. The molecule has 1 rings (SSSR count). The minimum atomic E-state index is -0.0822. The highest BCUT2D eigenvalue weighted by atomic mass is 35.5. The van der Waals surface area contributed by atoms with Crippen molar-refractivity contribution in [2.75, 3.05) is 20.3 Å². The Balaban J connectivity index is 2.43. The van der Waals surface area contributed by atoms with E-state index in [1.165, 1.54) is 0 Å². The predicted octanol–water partition coefficient (Wildman–Crippen LogP) is 2.57. The summed E-state index contributed by atoms with van der Waals surface area (Å²) in [5, 5.41) is 0.616. The lowest BCUT2D eigenvalue weighted by Gasteiger charge is -2.10. The molecule has 0 aliphatic heterocycles. The predicted molar refractivity (Wildman–Crippen MR) is 63.1 cm³/mol. The average molecular weight is 243 g/mol. The van der Waals surface area contributed by atoms with Gasteiger partial charge in [-0.3, -0.25) is 4.79 Å². The molecule has 16 heavy (non-hydrogen) atoms. The van der Waals surface area contributed by atoms with Crippen molar-refractivity contribution >= 4 is 17.4 Å². The number of benzene rings is 1. The Morgan fingerprint density at radius 3 is 2.56 bits per heavy atom. The molecule has 0 aromatic heterocycles. The minimum absolute atomic E-state index is 0.0559. The maximum absolute atomic E-state index is 11.7. The van der Waals surface area contributed by atoms with Crippen molar-refractivity contribution in [1.29, 1.82) is 0 Å². The van der Waals surface area contributed by atoms with Crippen molar-refractivity contribution in [3.8, 4) is 0 Å². The summed E-state index contributed by atoms with van der Waals surface area (Å²) < 4.78 is 10.2. The molecule has 0 saturated heterocycles. The van der Waals surface area contributed by atoms with Gasteiger partial charge in [0.1, 0.15) is 6.61 Å². The van der Waals surface area contributed by atoms with Crippen LogP contribution in [0.15, 0.2) is 24.3 Å². The first kappa shape index (κ1) is 13.2. The molecule has 0 saturated carbocycles. The van der Waals surface area contributed by atoms with E-state index in [2.05, 4.69) is 0 Å². The molecule has 3 nitrogen and oxygen atoms in total. The second-order valence-electron chi connectivity index (χ2n) is 3.51. The lowest BCUT2D eigenvalue weighted by atomic mass is 10.1. The topological polar surface area (TPSA) is 35.5 Å². The summed E-state index contributed by atoms with van der Waals surface area (Å²) in [6, 6.07) is 6.75. The van der Waals surface area contributed by atoms with Gasteiger partial charge in [0.25, 0.3) is 0 Å². The van der Waals surface area contributed by atoms with Crippen molar-refractivity contribution in [2.24, 2.45) is 0 Å². The highest BCUT2D eigenvalue weighted by molar-refractivity contribution is 6.30. The highest BCUT2D eigenvalue weighted by Crippen LogP contribution is 2.10. The maximum Gasteiger partial charge on any atom is 0.188 e. The van der Waals surface area contributed by atoms with Crippen LogP contribution < -0.4 is 0 Å². The lowest BCUT2D eigenvalue weighted by Crippen LogP contribution is -2.19. The van der Waals surface area contributed by atoms with Gasteiger partial charge in [-0.1, -0.05) is 11.6 Å². The van der Waals surface area contributed by atoms with Crippen LogP contribution in [0.3, 0.4) is 0 Å². The summed E-state index contributed by atoms with van der Waals surface area (Å²) in [6.45, 7) is 2.40. The molecule has 0 aliphatic rings. The molecular formula is C12H15ClO3. The third kappa shape index (κ3) is 4.31. The molecule has 0 amide bonds. The van der Waals surface area contributed by atoms with Crippen molar-refractivity contribution in [3.63, 3.8) is 0 Å². The van der Waals surface area contributed by atoms with Crippen LogP contribution >= 0.6 is 11.6 Å². The molecule has 0 aliphatic carbocycles. The summed E-state index contributed by atoms with van der Waals surface area (Å²) in [5.41, 5.74) is 0.606. The highest BCUT2D eigenvalue weighted by Gasteiger charge is 2.08. The summed E-state index contributed by atoms with van der Waals surface area (Å²) in [7, 11) is 1.60. The van der Waals surface area contributed by atoms with Crippen LogP contribution in [0.2, 0.25) is 5.02 Å². The van der Waals surface area contributed by atoms with E-state index in [4.69, 9.17) is 21.1 Å². The van der Waals surface area contributed by atoms with Crippen LogP contribution in [0.5, 0.6) is 0 Å². The fourth-order valence-electron chi connectivity index (χ4n) is 1.22. The number of hydrogen-bond donors (Lipinski definition) is 0. The van der Waals surface area contributed by atoms with Crippen LogP contribution in [-0.4, -0.2) is 32.2 Å². The fraction of sp³-hybridized carbons (Fsp3) is 0.417. The molecule has 0 fully saturated rings. The van der Waals surface area contributed by atoms with E-state index in [9.17, 15) is 4.79 Å². The zero-order chi connectivity index (χ0) is 12.0. The summed E-state index contributed by atoms with van der Waals surface area (Å²) >= 11 is 5.73. The standard InChI is InChI=1S/C12H15ClO3/c1-9(7-15-2)16-8-12(14)10-3-5-11(13)6-4-10/h3-6,9H,7-8H2,1-2H3. The number of ketones is 1. The molecular weight excluding hydrogens is 228 g/mol. The van der Waals surface area contributed by atoms with Gasteiger partial charge >= 0.3 is 0 Å². The SMILES string of the molecule is COCC(C)OCC(=O)c1ccc(Cl)cc1. The number of carbonyl (C=O) groups excluding carboxylic acids is 1. The van der Waals surface area contributed by atoms with E-state index in [0.29, 0.717) is 17.2 Å². The van der Waals surface area contributed by atoms with E-state index in [1.54, 1.807) is 31.4 Å². The Morgan fingerprint density at radius 1 is 1.38 bits per heavy atom. The second-order valence-corrected chi connectivity index (χ2v) is 3.94. The Morgan fingerprint density at radius 2 is 2.00 bits per heavy atom. The third-order valence-electron chi connectivity index (χ3n) is 2.07. The van der Waals surface area contributed by atoms with Gasteiger partial charge in [-0.25, -0.2) is 0 Å². The molecule has 0 heterocycles. The number of halogens is 1. The van der Waals surface area contributed by atoms with E-state index >= 15 is 0 Å². The number of hydrogen-bond acceptors (Lipinski definition) is 3. The maximum atomic E-state index is 11.7. The van der Waals surface area contributed by atoms with Crippen molar-refractivity contribution < 1.29 is 14.3 Å². The van der Waals surface area contributed by atoms with Crippen molar-refractivity contribution in [1.82, 2.24) is 0 Å². The van der Waals surface area contributed by atoms with Crippen LogP contribution in [0.4, 0.5) is 0 Å². The summed E-state index contributed by atoms with van der Waals surface area (Å²) in [6.07, 6.45) is -0.0822. The van der Waals surface area contributed by atoms with E-state index in [1.807, 2.05) is 6.92 Å². The first-order valence-corrected chi connectivity index (χ1v) is 5.40. The van der Waals surface area contributed by atoms with Crippen LogP contribution in [0.1, 0.15) is 17.3 Å². The molecule has 1 aromatic rings. The molecule has 0 N–H and O–H groups in total.